The van der Waals surface area contributed by atoms with Crippen LogP contribution in [0, 0.1) is 6.20 Å². The molecule has 0 saturated carbocycles. The van der Waals surface area contributed by atoms with Gasteiger partial charge in [0.05, 0.1) is 25.6 Å². The number of ether oxygens (including phenoxy) is 2. The van der Waals surface area contributed by atoms with Crippen LogP contribution in [0.5, 0.6) is 11.5 Å². The van der Waals surface area contributed by atoms with Crippen molar-refractivity contribution in [1.29, 1.82) is 0 Å². The van der Waals surface area contributed by atoms with Gasteiger partial charge in [0.25, 0.3) is 0 Å². The smallest absolute Gasteiger partial charge is 0.179 e. The molecule has 1 aliphatic rings. The summed E-state index contributed by atoms with van der Waals surface area (Å²) >= 11 is 0. The van der Waals surface area contributed by atoms with Gasteiger partial charge in [-0.1, -0.05) is 0 Å². The zero-order valence-corrected chi connectivity index (χ0v) is 6.04. The van der Waals surface area contributed by atoms with E-state index in [0.717, 1.165) is 17.9 Å². The first-order chi connectivity index (χ1) is 5.47. The average Bonchev–Trinajstić information content (AvgIpc) is 2.28. The van der Waals surface area contributed by atoms with Gasteiger partial charge in [-0.2, -0.15) is 0 Å². The quantitative estimate of drug-likeness (QED) is 0.553. The minimum absolute atomic E-state index is 0.707. The van der Waals surface area contributed by atoms with Crippen LogP contribution < -0.4 is 9.47 Å². The van der Waals surface area contributed by atoms with Gasteiger partial charge < -0.3 is 9.47 Å². The van der Waals surface area contributed by atoms with Gasteiger partial charge in [-0.05, 0) is 0 Å². The van der Waals surface area contributed by atoms with E-state index in [1.165, 1.54) is 0 Å². The molecule has 0 N–H and O–H groups in total. The third kappa shape index (κ3) is 1.27. The van der Waals surface area contributed by atoms with Gasteiger partial charge in [0, 0.05) is 12.5 Å². The zero-order chi connectivity index (χ0) is 7.52. The molecule has 0 aliphatic carbocycles. The summed E-state index contributed by atoms with van der Waals surface area (Å²) in [4.78, 5) is 3.81. The Morgan fingerprint density at radius 2 is 2.09 bits per heavy atom. The van der Waals surface area contributed by atoms with Crippen molar-refractivity contribution in [3.05, 3.63) is 18.5 Å². The molecule has 0 saturated heterocycles. The molecule has 0 spiro atoms. The predicted molar refractivity (Wildman–Crippen MR) is 38.7 cm³/mol. The first kappa shape index (κ1) is 6.46. The highest BCUT2D eigenvalue weighted by molar-refractivity contribution is 5.36. The number of rotatable bonds is 0. The Morgan fingerprint density at radius 1 is 1.27 bits per heavy atom. The molecule has 0 fully saturated rings. The largest absolute Gasteiger partial charge is 0.489 e. The number of fused-ring (bicyclic) bond motifs is 1. The van der Waals surface area contributed by atoms with Crippen molar-refractivity contribution in [2.24, 2.45) is 0 Å². The molecule has 0 amide bonds. The highest BCUT2D eigenvalue weighted by Crippen LogP contribution is 2.26. The van der Waals surface area contributed by atoms with Crippen LogP contribution in [0.15, 0.2) is 12.3 Å². The molecular formula is C8H8NO2. The van der Waals surface area contributed by atoms with Crippen LogP contribution >= 0.6 is 0 Å². The molecule has 0 unspecified atom stereocenters. The molecular weight excluding hydrogens is 142 g/mol. The first-order valence-electron chi connectivity index (χ1n) is 3.58. The van der Waals surface area contributed by atoms with E-state index in [1.807, 2.05) is 0 Å². The van der Waals surface area contributed by atoms with Gasteiger partial charge in [0.1, 0.15) is 0 Å². The minimum Gasteiger partial charge on any atom is -0.489 e. The lowest BCUT2D eigenvalue weighted by molar-refractivity contribution is 0.296. The van der Waals surface area contributed by atoms with Crippen molar-refractivity contribution in [2.75, 3.05) is 13.2 Å². The van der Waals surface area contributed by atoms with E-state index in [-0.39, 0.29) is 0 Å². The number of aromatic nitrogens is 1. The Morgan fingerprint density at radius 3 is 3.00 bits per heavy atom. The molecule has 2 rings (SSSR count). The summed E-state index contributed by atoms with van der Waals surface area (Å²) in [5, 5.41) is 0. The summed E-state index contributed by atoms with van der Waals surface area (Å²) in [6.45, 7) is 1.42. The van der Waals surface area contributed by atoms with Crippen molar-refractivity contribution < 1.29 is 9.47 Å². The second-order valence-electron chi connectivity index (χ2n) is 2.31. The molecule has 0 atom stereocenters. The summed E-state index contributed by atoms with van der Waals surface area (Å²) < 4.78 is 10.7. The van der Waals surface area contributed by atoms with E-state index in [4.69, 9.17) is 9.47 Å². The molecule has 0 aromatic carbocycles. The number of nitrogens with zero attached hydrogens (tertiary/aromatic N) is 1. The van der Waals surface area contributed by atoms with Gasteiger partial charge >= 0.3 is 0 Å². The minimum atomic E-state index is 0.707. The molecule has 0 bridgehead atoms. The van der Waals surface area contributed by atoms with Crippen molar-refractivity contribution >= 4 is 0 Å². The third-order valence-electron chi connectivity index (χ3n) is 1.50. The SMILES string of the molecule is [c]1cc2c(cn1)OCCCO2. The number of pyridine rings is 1. The topological polar surface area (TPSA) is 31.4 Å². The summed E-state index contributed by atoms with van der Waals surface area (Å²) in [6, 6.07) is 1.70. The fourth-order valence-electron chi connectivity index (χ4n) is 0.971. The van der Waals surface area contributed by atoms with Gasteiger partial charge in [-0.15, -0.1) is 0 Å². The summed E-state index contributed by atoms with van der Waals surface area (Å²) in [7, 11) is 0. The lowest BCUT2D eigenvalue weighted by atomic mass is 10.4. The predicted octanol–water partition coefficient (Wildman–Crippen LogP) is 1.04. The van der Waals surface area contributed by atoms with Crippen LogP contribution in [0.4, 0.5) is 0 Å². The molecule has 3 nitrogen and oxygen atoms in total. The van der Waals surface area contributed by atoms with Gasteiger partial charge in [0.15, 0.2) is 11.5 Å². The van der Waals surface area contributed by atoms with Gasteiger partial charge in [-0.25, -0.2) is 0 Å². The lowest BCUT2D eigenvalue weighted by Crippen LogP contribution is -1.97. The highest BCUT2D eigenvalue weighted by atomic mass is 16.5. The highest BCUT2D eigenvalue weighted by Gasteiger charge is 2.07. The van der Waals surface area contributed by atoms with E-state index in [9.17, 15) is 0 Å². The van der Waals surface area contributed by atoms with Crippen LogP contribution in [-0.2, 0) is 0 Å². The Labute approximate surface area is 65.0 Å². The molecule has 1 aromatic heterocycles. The molecule has 1 aliphatic heterocycles. The third-order valence-corrected chi connectivity index (χ3v) is 1.50. The monoisotopic (exact) mass is 150 g/mol. The van der Waals surface area contributed by atoms with Crippen LogP contribution in [0.3, 0.4) is 0 Å². The lowest BCUT2D eigenvalue weighted by Gasteiger charge is -2.03. The second-order valence-corrected chi connectivity index (χ2v) is 2.31. The molecule has 1 aromatic rings. The Hall–Kier alpha value is -1.25. The fraction of sp³-hybridized carbons (Fsp3) is 0.375. The maximum atomic E-state index is 5.35. The second kappa shape index (κ2) is 2.78. The Kier molecular flexibility index (Phi) is 1.63. The van der Waals surface area contributed by atoms with Crippen molar-refractivity contribution in [1.82, 2.24) is 4.98 Å². The maximum absolute atomic E-state index is 5.35. The Bertz CT molecular complexity index is 225. The van der Waals surface area contributed by atoms with Crippen LogP contribution in [-0.4, -0.2) is 18.2 Å². The summed E-state index contributed by atoms with van der Waals surface area (Å²) in [6.07, 6.45) is 5.24. The van der Waals surface area contributed by atoms with Crippen molar-refractivity contribution in [3.8, 4) is 11.5 Å². The van der Waals surface area contributed by atoms with Crippen LogP contribution in [0.25, 0.3) is 0 Å². The molecule has 1 radical (unpaired) electrons. The van der Waals surface area contributed by atoms with E-state index < -0.39 is 0 Å². The number of hydrogen-bond acceptors (Lipinski definition) is 3. The summed E-state index contributed by atoms with van der Waals surface area (Å²) in [5.74, 6) is 1.47. The number of hydrogen-bond donors (Lipinski definition) is 0. The standard InChI is InChI=1S/C8H8NO2/c1-4-10-7-2-3-9-6-8(7)11-5-1/h2,6H,1,4-5H2. The Balaban J connectivity index is 2.33. The van der Waals surface area contributed by atoms with Crippen molar-refractivity contribution in [2.45, 2.75) is 6.42 Å². The normalized spacial score (nSPS) is 15.6. The van der Waals surface area contributed by atoms with E-state index >= 15 is 0 Å². The van der Waals surface area contributed by atoms with Gasteiger partial charge in [0.2, 0.25) is 0 Å². The van der Waals surface area contributed by atoms with Crippen molar-refractivity contribution in [3.63, 3.8) is 0 Å². The van der Waals surface area contributed by atoms with E-state index in [1.54, 1.807) is 12.3 Å². The van der Waals surface area contributed by atoms with E-state index in [0.29, 0.717) is 13.2 Å². The average molecular weight is 150 g/mol. The fourth-order valence-corrected chi connectivity index (χ4v) is 0.971. The molecule has 11 heavy (non-hydrogen) atoms. The zero-order valence-electron chi connectivity index (χ0n) is 6.04. The van der Waals surface area contributed by atoms with Crippen LogP contribution in [0.2, 0.25) is 0 Å². The van der Waals surface area contributed by atoms with E-state index in [2.05, 4.69) is 11.2 Å². The maximum Gasteiger partial charge on any atom is 0.179 e. The van der Waals surface area contributed by atoms with Gasteiger partial charge in [-0.3, -0.25) is 4.98 Å². The molecule has 2 heterocycles. The first-order valence-corrected chi connectivity index (χ1v) is 3.58. The molecule has 57 valence electrons. The van der Waals surface area contributed by atoms with Crippen LogP contribution in [0.1, 0.15) is 6.42 Å². The summed E-state index contributed by atoms with van der Waals surface area (Å²) in [5.41, 5.74) is 0. The molecule has 3 heteroatoms.